The molecule has 0 aliphatic heterocycles. The van der Waals surface area contributed by atoms with E-state index in [0.717, 1.165) is 25.9 Å². The van der Waals surface area contributed by atoms with Gasteiger partial charge in [-0.3, -0.25) is 4.79 Å². The molecule has 0 unspecified atom stereocenters. The predicted molar refractivity (Wildman–Crippen MR) is 97.0 cm³/mol. The topological polar surface area (TPSA) is 20.3 Å². The molecule has 1 amide bonds. The van der Waals surface area contributed by atoms with Crippen molar-refractivity contribution in [1.82, 2.24) is 4.90 Å². The summed E-state index contributed by atoms with van der Waals surface area (Å²) in [6.45, 7) is 5.88. The van der Waals surface area contributed by atoms with Crippen LogP contribution in [-0.2, 0) is 6.42 Å². The minimum atomic E-state index is 0.0817. The number of carbonyl (C=O) groups is 1. The van der Waals surface area contributed by atoms with Gasteiger partial charge in [0.05, 0.1) is 0 Å². The minimum Gasteiger partial charge on any atom is -0.338 e. The zero-order valence-corrected chi connectivity index (χ0v) is 14.6. The molecule has 2 nitrogen and oxygen atoms in total. The summed E-state index contributed by atoms with van der Waals surface area (Å²) in [5.41, 5.74) is 1.96. The lowest BCUT2D eigenvalue weighted by Crippen LogP contribution is -2.34. The molecule has 0 fully saturated rings. The van der Waals surface area contributed by atoms with Gasteiger partial charge < -0.3 is 4.90 Å². The first kappa shape index (κ1) is 17.6. The number of nitrogens with zero attached hydrogens (tertiary/aromatic N) is 1. The van der Waals surface area contributed by atoms with Crippen molar-refractivity contribution in [1.29, 1.82) is 0 Å². The fourth-order valence-electron chi connectivity index (χ4n) is 2.41. The van der Waals surface area contributed by atoms with E-state index in [1.54, 1.807) is 24.3 Å². The highest BCUT2D eigenvalue weighted by atomic mass is 35.5. The molecule has 0 bridgehead atoms. The van der Waals surface area contributed by atoms with E-state index >= 15 is 0 Å². The molecule has 2 aromatic carbocycles. The summed E-state index contributed by atoms with van der Waals surface area (Å²) in [7, 11) is 0. The maximum absolute atomic E-state index is 12.8. The predicted octanol–water partition coefficient (Wildman–Crippen LogP) is 5.07. The first-order chi connectivity index (χ1) is 11.1. The number of carbonyl (C=O) groups excluding carboxylic acids is 1. The molecule has 0 aliphatic rings. The molecular formula is C20H24ClNO. The van der Waals surface area contributed by atoms with Gasteiger partial charge in [0.1, 0.15) is 0 Å². The molecule has 2 aromatic rings. The molecule has 0 aliphatic carbocycles. The second-order valence-corrected chi connectivity index (χ2v) is 6.65. The molecule has 0 radical (unpaired) electrons. The summed E-state index contributed by atoms with van der Waals surface area (Å²) < 4.78 is 0. The van der Waals surface area contributed by atoms with Crippen LogP contribution < -0.4 is 0 Å². The Morgan fingerprint density at radius 2 is 1.65 bits per heavy atom. The molecule has 3 heteroatoms. The van der Waals surface area contributed by atoms with Crippen LogP contribution in [0.4, 0.5) is 0 Å². The standard InChI is InChI=1S/C20H24ClNO/c1-16(2)12-14-22(15-13-17-6-4-3-5-7-17)20(23)18-8-10-19(21)11-9-18/h3-11,16H,12-15H2,1-2H3. The van der Waals surface area contributed by atoms with Crippen LogP contribution in [0.1, 0.15) is 36.2 Å². The maximum Gasteiger partial charge on any atom is 0.253 e. The number of rotatable bonds is 7. The third-order valence-corrected chi connectivity index (χ3v) is 4.12. The van der Waals surface area contributed by atoms with Crippen molar-refractivity contribution < 1.29 is 4.79 Å². The van der Waals surface area contributed by atoms with E-state index in [-0.39, 0.29) is 5.91 Å². The van der Waals surface area contributed by atoms with Crippen LogP contribution in [0.15, 0.2) is 54.6 Å². The molecule has 2 rings (SSSR count). The Labute approximate surface area is 144 Å². The van der Waals surface area contributed by atoms with E-state index in [9.17, 15) is 4.79 Å². The van der Waals surface area contributed by atoms with Gasteiger partial charge in [-0.1, -0.05) is 55.8 Å². The van der Waals surface area contributed by atoms with Crippen molar-refractivity contribution in [2.24, 2.45) is 5.92 Å². The number of halogens is 1. The summed E-state index contributed by atoms with van der Waals surface area (Å²) in [6.07, 6.45) is 1.88. The van der Waals surface area contributed by atoms with Crippen LogP contribution in [0.3, 0.4) is 0 Å². The van der Waals surface area contributed by atoms with Crippen molar-refractivity contribution in [3.05, 3.63) is 70.7 Å². The van der Waals surface area contributed by atoms with E-state index in [4.69, 9.17) is 11.6 Å². The lowest BCUT2D eigenvalue weighted by atomic mass is 10.1. The van der Waals surface area contributed by atoms with Crippen molar-refractivity contribution >= 4 is 17.5 Å². The molecule has 122 valence electrons. The summed E-state index contributed by atoms with van der Waals surface area (Å²) in [5, 5.41) is 0.652. The number of hydrogen-bond donors (Lipinski definition) is 0. The van der Waals surface area contributed by atoms with Gasteiger partial charge in [0.15, 0.2) is 0 Å². The van der Waals surface area contributed by atoms with Gasteiger partial charge in [-0.15, -0.1) is 0 Å². The fraction of sp³-hybridized carbons (Fsp3) is 0.350. The van der Waals surface area contributed by atoms with Crippen molar-refractivity contribution in [3.63, 3.8) is 0 Å². The van der Waals surface area contributed by atoms with Crippen LogP contribution in [0, 0.1) is 5.92 Å². The molecule has 0 atom stereocenters. The van der Waals surface area contributed by atoms with Gasteiger partial charge in [-0.25, -0.2) is 0 Å². The third-order valence-electron chi connectivity index (χ3n) is 3.87. The highest BCUT2D eigenvalue weighted by molar-refractivity contribution is 6.30. The first-order valence-electron chi connectivity index (χ1n) is 8.15. The summed E-state index contributed by atoms with van der Waals surface area (Å²) in [4.78, 5) is 14.7. The summed E-state index contributed by atoms with van der Waals surface area (Å²) in [5.74, 6) is 0.658. The molecular weight excluding hydrogens is 306 g/mol. The van der Waals surface area contributed by atoms with Crippen LogP contribution in [-0.4, -0.2) is 23.9 Å². The van der Waals surface area contributed by atoms with E-state index in [0.29, 0.717) is 16.5 Å². The Balaban J connectivity index is 2.06. The Morgan fingerprint density at radius 1 is 1.00 bits per heavy atom. The molecule has 0 heterocycles. The van der Waals surface area contributed by atoms with Gasteiger partial charge in [0.2, 0.25) is 0 Å². The SMILES string of the molecule is CC(C)CCN(CCc1ccccc1)C(=O)c1ccc(Cl)cc1. The quantitative estimate of drug-likeness (QED) is 0.694. The lowest BCUT2D eigenvalue weighted by Gasteiger charge is -2.24. The summed E-state index contributed by atoms with van der Waals surface area (Å²) in [6, 6.07) is 17.4. The van der Waals surface area contributed by atoms with E-state index in [2.05, 4.69) is 26.0 Å². The van der Waals surface area contributed by atoms with Crippen molar-refractivity contribution in [2.45, 2.75) is 26.7 Å². The van der Waals surface area contributed by atoms with Crippen molar-refractivity contribution in [2.75, 3.05) is 13.1 Å². The zero-order valence-electron chi connectivity index (χ0n) is 13.8. The number of hydrogen-bond acceptors (Lipinski definition) is 1. The van der Waals surface area contributed by atoms with Crippen LogP contribution >= 0.6 is 11.6 Å². The average molecular weight is 330 g/mol. The Kier molecular flexibility index (Phi) is 6.66. The second kappa shape index (κ2) is 8.73. The minimum absolute atomic E-state index is 0.0817. The average Bonchev–Trinajstić information content (AvgIpc) is 2.56. The van der Waals surface area contributed by atoms with E-state index < -0.39 is 0 Å². The van der Waals surface area contributed by atoms with Crippen LogP contribution in [0.2, 0.25) is 5.02 Å². The van der Waals surface area contributed by atoms with Crippen molar-refractivity contribution in [3.8, 4) is 0 Å². The Bertz CT molecular complexity index is 607. The highest BCUT2D eigenvalue weighted by Crippen LogP contribution is 2.14. The normalized spacial score (nSPS) is 10.8. The second-order valence-electron chi connectivity index (χ2n) is 6.22. The van der Waals surface area contributed by atoms with Gasteiger partial charge >= 0.3 is 0 Å². The molecule has 23 heavy (non-hydrogen) atoms. The molecule has 0 spiro atoms. The molecule has 0 aromatic heterocycles. The van der Waals surface area contributed by atoms with Gasteiger partial charge in [-0.05, 0) is 48.6 Å². The number of benzene rings is 2. The largest absolute Gasteiger partial charge is 0.338 e. The van der Waals surface area contributed by atoms with Gasteiger partial charge in [0.25, 0.3) is 5.91 Å². The first-order valence-corrected chi connectivity index (χ1v) is 8.53. The molecule has 0 saturated carbocycles. The van der Waals surface area contributed by atoms with Gasteiger partial charge in [0, 0.05) is 23.7 Å². The third kappa shape index (κ3) is 5.72. The van der Waals surface area contributed by atoms with Crippen LogP contribution in [0.25, 0.3) is 0 Å². The van der Waals surface area contributed by atoms with E-state index in [1.807, 2.05) is 23.1 Å². The highest BCUT2D eigenvalue weighted by Gasteiger charge is 2.16. The Morgan fingerprint density at radius 3 is 2.26 bits per heavy atom. The summed E-state index contributed by atoms with van der Waals surface area (Å²) >= 11 is 5.91. The fourth-order valence-corrected chi connectivity index (χ4v) is 2.54. The zero-order chi connectivity index (χ0) is 16.7. The van der Waals surface area contributed by atoms with Gasteiger partial charge in [-0.2, -0.15) is 0 Å². The van der Waals surface area contributed by atoms with Crippen LogP contribution in [0.5, 0.6) is 0 Å². The maximum atomic E-state index is 12.8. The smallest absolute Gasteiger partial charge is 0.253 e. The monoisotopic (exact) mass is 329 g/mol. The Hall–Kier alpha value is -1.80. The van der Waals surface area contributed by atoms with E-state index in [1.165, 1.54) is 5.56 Å². The molecule has 0 saturated heterocycles. The number of amides is 1. The molecule has 0 N–H and O–H groups in total. The lowest BCUT2D eigenvalue weighted by molar-refractivity contribution is 0.0750.